The molecule has 1 saturated carbocycles. The van der Waals surface area contributed by atoms with Crippen LogP contribution in [0.4, 0.5) is 0 Å². The van der Waals surface area contributed by atoms with Crippen molar-refractivity contribution in [3.63, 3.8) is 0 Å². The SMILES string of the molecule is COCC1CCCN(C2(CN)CCCC(C)C2)C1. The van der Waals surface area contributed by atoms with Crippen LogP contribution in [0.5, 0.6) is 0 Å². The Hall–Kier alpha value is -0.120. The van der Waals surface area contributed by atoms with Gasteiger partial charge < -0.3 is 10.5 Å². The number of hydrogen-bond acceptors (Lipinski definition) is 3. The van der Waals surface area contributed by atoms with Gasteiger partial charge in [-0.3, -0.25) is 4.90 Å². The molecule has 1 heterocycles. The van der Waals surface area contributed by atoms with Crippen molar-refractivity contribution < 1.29 is 4.74 Å². The van der Waals surface area contributed by atoms with E-state index in [1.165, 1.54) is 51.6 Å². The van der Waals surface area contributed by atoms with Crippen LogP contribution in [0.2, 0.25) is 0 Å². The summed E-state index contributed by atoms with van der Waals surface area (Å²) in [4.78, 5) is 2.70. The number of nitrogens with two attached hydrogens (primary N) is 1. The second-order valence-electron chi connectivity index (χ2n) is 6.54. The smallest absolute Gasteiger partial charge is 0.0502 e. The Morgan fingerprint density at radius 3 is 2.83 bits per heavy atom. The molecule has 3 heteroatoms. The Bertz CT molecular complexity index is 257. The summed E-state index contributed by atoms with van der Waals surface area (Å²) in [7, 11) is 1.82. The van der Waals surface area contributed by atoms with Crippen molar-refractivity contribution in [2.45, 2.75) is 51.0 Å². The van der Waals surface area contributed by atoms with Crippen LogP contribution < -0.4 is 5.73 Å². The minimum absolute atomic E-state index is 0.296. The summed E-state index contributed by atoms with van der Waals surface area (Å²) in [5.74, 6) is 1.55. The average molecular weight is 254 g/mol. The van der Waals surface area contributed by atoms with Crippen LogP contribution in [0, 0.1) is 11.8 Å². The van der Waals surface area contributed by atoms with E-state index in [1.807, 2.05) is 7.11 Å². The summed E-state index contributed by atoms with van der Waals surface area (Å²) >= 11 is 0. The molecule has 1 saturated heterocycles. The van der Waals surface area contributed by atoms with Gasteiger partial charge in [0.2, 0.25) is 0 Å². The van der Waals surface area contributed by atoms with Crippen molar-refractivity contribution in [1.82, 2.24) is 4.90 Å². The maximum atomic E-state index is 6.18. The largest absolute Gasteiger partial charge is 0.384 e. The molecule has 0 radical (unpaired) electrons. The van der Waals surface area contributed by atoms with E-state index < -0.39 is 0 Å². The number of ether oxygens (including phenoxy) is 1. The molecule has 1 aliphatic carbocycles. The number of hydrogen-bond donors (Lipinski definition) is 1. The Kier molecular flexibility index (Phi) is 5.05. The third kappa shape index (κ3) is 3.06. The van der Waals surface area contributed by atoms with Crippen molar-refractivity contribution in [1.29, 1.82) is 0 Å². The molecular formula is C15H30N2O. The highest BCUT2D eigenvalue weighted by molar-refractivity contribution is 4.97. The van der Waals surface area contributed by atoms with Gasteiger partial charge in [-0.2, -0.15) is 0 Å². The quantitative estimate of drug-likeness (QED) is 0.836. The molecular weight excluding hydrogens is 224 g/mol. The van der Waals surface area contributed by atoms with Gasteiger partial charge in [0.1, 0.15) is 0 Å². The van der Waals surface area contributed by atoms with E-state index in [4.69, 9.17) is 10.5 Å². The van der Waals surface area contributed by atoms with Crippen molar-refractivity contribution >= 4 is 0 Å². The average Bonchev–Trinajstić information content (AvgIpc) is 2.39. The molecule has 2 fully saturated rings. The number of piperidine rings is 1. The summed E-state index contributed by atoms with van der Waals surface area (Å²) in [6, 6.07) is 0. The molecule has 18 heavy (non-hydrogen) atoms. The second-order valence-corrected chi connectivity index (χ2v) is 6.54. The Labute approximate surface area is 112 Å². The monoisotopic (exact) mass is 254 g/mol. The lowest BCUT2D eigenvalue weighted by atomic mass is 9.74. The number of methoxy groups -OCH3 is 1. The first kappa shape index (κ1) is 14.3. The molecule has 2 N–H and O–H groups in total. The zero-order valence-electron chi connectivity index (χ0n) is 12.2. The van der Waals surface area contributed by atoms with E-state index in [0.717, 1.165) is 19.1 Å². The topological polar surface area (TPSA) is 38.5 Å². The normalized spacial score (nSPS) is 38.8. The summed E-state index contributed by atoms with van der Waals surface area (Å²) in [6.45, 7) is 6.56. The van der Waals surface area contributed by atoms with Gasteiger partial charge in [0, 0.05) is 25.7 Å². The van der Waals surface area contributed by atoms with Crippen LogP contribution in [-0.4, -0.2) is 43.8 Å². The minimum Gasteiger partial charge on any atom is -0.384 e. The van der Waals surface area contributed by atoms with Crippen molar-refractivity contribution in [2.24, 2.45) is 17.6 Å². The van der Waals surface area contributed by atoms with Gasteiger partial charge in [-0.1, -0.05) is 19.8 Å². The first-order valence-electron chi connectivity index (χ1n) is 7.64. The number of likely N-dealkylation sites (tertiary alicyclic amines) is 1. The molecule has 106 valence electrons. The molecule has 1 aliphatic heterocycles. The molecule has 3 nitrogen and oxygen atoms in total. The molecule has 2 rings (SSSR count). The molecule has 0 spiro atoms. The van der Waals surface area contributed by atoms with Crippen LogP contribution in [-0.2, 0) is 4.74 Å². The van der Waals surface area contributed by atoms with Gasteiger partial charge >= 0.3 is 0 Å². The summed E-state index contributed by atoms with van der Waals surface area (Å²) < 4.78 is 5.35. The Morgan fingerprint density at radius 2 is 2.17 bits per heavy atom. The Balaban J connectivity index is 2.02. The van der Waals surface area contributed by atoms with E-state index in [0.29, 0.717) is 11.5 Å². The van der Waals surface area contributed by atoms with E-state index in [9.17, 15) is 0 Å². The second kappa shape index (κ2) is 6.36. The van der Waals surface area contributed by atoms with E-state index in [2.05, 4.69) is 11.8 Å². The molecule has 2 aliphatic rings. The van der Waals surface area contributed by atoms with E-state index in [1.54, 1.807) is 0 Å². The summed E-state index contributed by atoms with van der Waals surface area (Å²) in [5.41, 5.74) is 6.47. The molecule has 0 amide bonds. The highest BCUT2D eigenvalue weighted by Crippen LogP contribution is 2.38. The lowest BCUT2D eigenvalue weighted by Gasteiger charge is -2.50. The lowest BCUT2D eigenvalue weighted by molar-refractivity contribution is -0.00794. The zero-order chi connectivity index (χ0) is 13.0. The Morgan fingerprint density at radius 1 is 1.33 bits per heavy atom. The van der Waals surface area contributed by atoms with Crippen LogP contribution in [0.15, 0.2) is 0 Å². The van der Waals surface area contributed by atoms with Gasteiger partial charge in [-0.25, -0.2) is 0 Å². The predicted molar refractivity (Wildman–Crippen MR) is 75.6 cm³/mol. The van der Waals surface area contributed by atoms with Crippen molar-refractivity contribution in [3.05, 3.63) is 0 Å². The fourth-order valence-electron chi connectivity index (χ4n) is 4.10. The highest BCUT2D eigenvalue weighted by Gasteiger charge is 2.40. The predicted octanol–water partition coefficient (Wildman–Crippen LogP) is 2.25. The van der Waals surface area contributed by atoms with Crippen LogP contribution in [0.25, 0.3) is 0 Å². The first-order valence-corrected chi connectivity index (χ1v) is 7.64. The van der Waals surface area contributed by atoms with E-state index >= 15 is 0 Å². The summed E-state index contributed by atoms with van der Waals surface area (Å²) in [5, 5.41) is 0. The summed E-state index contributed by atoms with van der Waals surface area (Å²) in [6.07, 6.45) is 7.96. The molecule has 3 atom stereocenters. The van der Waals surface area contributed by atoms with Crippen LogP contribution >= 0.6 is 0 Å². The van der Waals surface area contributed by atoms with Crippen LogP contribution in [0.3, 0.4) is 0 Å². The van der Waals surface area contributed by atoms with Gasteiger partial charge in [0.05, 0.1) is 6.61 Å². The molecule has 3 unspecified atom stereocenters. The standard InChI is InChI=1S/C15H30N2O/c1-13-5-3-7-15(9-13,12-16)17-8-4-6-14(10-17)11-18-2/h13-14H,3-12,16H2,1-2H3. The van der Waals surface area contributed by atoms with E-state index in [-0.39, 0.29) is 0 Å². The molecule has 0 bridgehead atoms. The fraction of sp³-hybridized carbons (Fsp3) is 1.00. The van der Waals surface area contributed by atoms with Crippen LogP contribution in [0.1, 0.15) is 45.4 Å². The van der Waals surface area contributed by atoms with Gasteiger partial charge in [0.15, 0.2) is 0 Å². The van der Waals surface area contributed by atoms with Crippen molar-refractivity contribution in [3.8, 4) is 0 Å². The van der Waals surface area contributed by atoms with Gasteiger partial charge in [-0.15, -0.1) is 0 Å². The number of nitrogens with zero attached hydrogens (tertiary/aromatic N) is 1. The third-order valence-electron chi connectivity index (χ3n) is 5.04. The maximum absolute atomic E-state index is 6.18. The zero-order valence-corrected chi connectivity index (χ0v) is 12.2. The lowest BCUT2D eigenvalue weighted by Crippen LogP contribution is -2.59. The van der Waals surface area contributed by atoms with Gasteiger partial charge in [-0.05, 0) is 44.1 Å². The number of rotatable bonds is 4. The molecule has 0 aromatic heterocycles. The van der Waals surface area contributed by atoms with Crippen molar-refractivity contribution in [2.75, 3.05) is 33.4 Å². The molecule has 0 aromatic carbocycles. The molecule has 0 aromatic rings. The fourth-order valence-corrected chi connectivity index (χ4v) is 4.10. The third-order valence-corrected chi connectivity index (χ3v) is 5.04. The maximum Gasteiger partial charge on any atom is 0.0502 e. The first-order chi connectivity index (χ1) is 8.70. The highest BCUT2D eigenvalue weighted by atomic mass is 16.5. The van der Waals surface area contributed by atoms with Gasteiger partial charge in [0.25, 0.3) is 0 Å². The minimum atomic E-state index is 0.296.